The summed E-state index contributed by atoms with van der Waals surface area (Å²) in [6.45, 7) is 4.69. The van der Waals surface area contributed by atoms with Crippen LogP contribution in [0.15, 0.2) is 29.4 Å². The molecular formula is C13H19N3O. The summed E-state index contributed by atoms with van der Waals surface area (Å²) in [6.07, 6.45) is 0.969. The maximum Gasteiger partial charge on any atom is 0.0791 e. The van der Waals surface area contributed by atoms with Crippen LogP contribution in [0.1, 0.15) is 37.5 Å². The first-order chi connectivity index (χ1) is 8.13. The Morgan fingerprint density at radius 3 is 2.47 bits per heavy atom. The van der Waals surface area contributed by atoms with Crippen LogP contribution in [0.3, 0.4) is 0 Å². The second-order valence-electron chi connectivity index (χ2n) is 4.60. The van der Waals surface area contributed by atoms with E-state index in [0.717, 1.165) is 12.0 Å². The zero-order chi connectivity index (χ0) is 12.7. The molecule has 0 aromatic heterocycles. The molecule has 1 aromatic rings. The van der Waals surface area contributed by atoms with Crippen LogP contribution >= 0.6 is 0 Å². The zero-order valence-corrected chi connectivity index (χ0v) is 10.4. The Labute approximate surface area is 102 Å². The van der Waals surface area contributed by atoms with Gasteiger partial charge in [0.25, 0.3) is 0 Å². The van der Waals surface area contributed by atoms with Crippen LogP contribution in [-0.4, -0.2) is 11.7 Å². The van der Waals surface area contributed by atoms with E-state index in [1.807, 2.05) is 24.3 Å². The first-order valence-corrected chi connectivity index (χ1v) is 5.91. The van der Waals surface area contributed by atoms with Crippen LogP contribution < -0.4 is 0 Å². The summed E-state index contributed by atoms with van der Waals surface area (Å²) in [7, 11) is 0. The van der Waals surface area contributed by atoms with Crippen LogP contribution in [0.25, 0.3) is 10.4 Å². The number of azide groups is 1. The molecule has 0 spiro atoms. The topological polar surface area (TPSA) is 69.0 Å². The van der Waals surface area contributed by atoms with Gasteiger partial charge in [0.15, 0.2) is 0 Å². The lowest BCUT2D eigenvalue weighted by Gasteiger charge is -2.11. The highest BCUT2D eigenvalue weighted by atomic mass is 16.3. The van der Waals surface area contributed by atoms with Crippen molar-refractivity contribution >= 4 is 0 Å². The van der Waals surface area contributed by atoms with Crippen molar-refractivity contribution in [2.24, 2.45) is 11.0 Å². The zero-order valence-electron chi connectivity index (χ0n) is 10.4. The number of rotatable bonds is 6. The molecule has 0 saturated carbocycles. The summed E-state index contributed by atoms with van der Waals surface area (Å²) >= 11 is 0. The number of benzene rings is 1. The smallest absolute Gasteiger partial charge is 0.0791 e. The second-order valence-corrected chi connectivity index (χ2v) is 4.60. The molecule has 1 unspecified atom stereocenters. The molecule has 0 heterocycles. The monoisotopic (exact) mass is 233 g/mol. The number of aliphatic hydroxyl groups excluding tert-OH is 1. The van der Waals surface area contributed by atoms with Gasteiger partial charge < -0.3 is 5.11 Å². The third kappa shape index (κ3) is 4.89. The molecule has 0 radical (unpaired) electrons. The van der Waals surface area contributed by atoms with Gasteiger partial charge in [-0.05, 0) is 35.4 Å². The van der Waals surface area contributed by atoms with E-state index in [-0.39, 0.29) is 0 Å². The Kier molecular flexibility index (Phi) is 5.53. The van der Waals surface area contributed by atoms with Crippen LogP contribution in [0.4, 0.5) is 0 Å². The molecule has 1 aromatic carbocycles. The highest BCUT2D eigenvalue weighted by Gasteiger charge is 2.06. The fourth-order valence-electron chi connectivity index (χ4n) is 1.74. The van der Waals surface area contributed by atoms with Crippen molar-refractivity contribution in [3.63, 3.8) is 0 Å². The Morgan fingerprint density at radius 1 is 1.29 bits per heavy atom. The molecular weight excluding hydrogens is 214 g/mol. The lowest BCUT2D eigenvalue weighted by Crippen LogP contribution is -2.00. The van der Waals surface area contributed by atoms with Gasteiger partial charge in [-0.15, -0.1) is 0 Å². The highest BCUT2D eigenvalue weighted by molar-refractivity contribution is 5.24. The predicted octanol–water partition coefficient (Wildman–Crippen LogP) is 3.62. The van der Waals surface area contributed by atoms with Crippen LogP contribution in [0, 0.1) is 5.92 Å². The molecule has 4 nitrogen and oxygen atoms in total. The van der Waals surface area contributed by atoms with Gasteiger partial charge in [-0.25, -0.2) is 0 Å². The van der Waals surface area contributed by atoms with Crippen molar-refractivity contribution in [1.82, 2.24) is 0 Å². The predicted molar refractivity (Wildman–Crippen MR) is 68.6 cm³/mol. The fourth-order valence-corrected chi connectivity index (χ4v) is 1.74. The highest BCUT2D eigenvalue weighted by Crippen LogP contribution is 2.18. The summed E-state index contributed by atoms with van der Waals surface area (Å²) in [5.74, 6) is 0.635. The van der Waals surface area contributed by atoms with Crippen molar-refractivity contribution in [3.8, 4) is 0 Å². The van der Waals surface area contributed by atoms with Gasteiger partial charge in [-0.2, -0.15) is 0 Å². The molecule has 1 N–H and O–H groups in total. The minimum Gasteiger partial charge on any atom is -0.388 e. The molecule has 0 saturated heterocycles. The van der Waals surface area contributed by atoms with Crippen LogP contribution in [0.5, 0.6) is 0 Å². The Hall–Kier alpha value is -1.51. The summed E-state index contributed by atoms with van der Waals surface area (Å²) in [5, 5.41) is 13.3. The molecule has 0 bridgehead atoms. The molecule has 0 amide bonds. The quantitative estimate of drug-likeness (QED) is 0.455. The van der Waals surface area contributed by atoms with Crippen LogP contribution in [0.2, 0.25) is 0 Å². The molecule has 1 rings (SSSR count). The third-order valence-corrected chi connectivity index (χ3v) is 2.57. The summed E-state index contributed by atoms with van der Waals surface area (Å²) in [5.41, 5.74) is 10.3. The fraction of sp³-hybridized carbons (Fsp3) is 0.538. The third-order valence-electron chi connectivity index (χ3n) is 2.57. The minimum absolute atomic E-state index is 0.325. The lowest BCUT2D eigenvalue weighted by atomic mass is 9.99. The van der Waals surface area contributed by atoms with Gasteiger partial charge in [0, 0.05) is 11.5 Å². The molecule has 92 valence electrons. The van der Waals surface area contributed by atoms with E-state index in [2.05, 4.69) is 23.9 Å². The largest absolute Gasteiger partial charge is 0.388 e. The van der Waals surface area contributed by atoms with E-state index in [4.69, 9.17) is 5.53 Å². The van der Waals surface area contributed by atoms with E-state index in [9.17, 15) is 5.11 Å². The van der Waals surface area contributed by atoms with E-state index >= 15 is 0 Å². The number of hydrogen-bond acceptors (Lipinski definition) is 2. The second kappa shape index (κ2) is 6.94. The molecule has 17 heavy (non-hydrogen) atoms. The molecule has 0 aliphatic heterocycles. The van der Waals surface area contributed by atoms with Crippen molar-refractivity contribution in [1.29, 1.82) is 0 Å². The van der Waals surface area contributed by atoms with E-state index in [1.165, 1.54) is 5.56 Å². The minimum atomic E-state index is -0.548. The number of hydrogen-bond donors (Lipinski definition) is 1. The summed E-state index contributed by atoms with van der Waals surface area (Å²) in [4.78, 5) is 2.66. The Morgan fingerprint density at radius 2 is 1.94 bits per heavy atom. The normalized spacial score (nSPS) is 12.2. The average molecular weight is 233 g/mol. The van der Waals surface area contributed by atoms with Crippen LogP contribution in [-0.2, 0) is 6.42 Å². The van der Waals surface area contributed by atoms with Crippen molar-refractivity contribution in [2.45, 2.75) is 32.8 Å². The molecule has 4 heteroatoms. The van der Waals surface area contributed by atoms with Crippen molar-refractivity contribution in [3.05, 3.63) is 45.8 Å². The SMILES string of the molecule is CC(C)Cc1ccc(C(O)CCN=[N+]=[N-])cc1. The molecule has 0 fully saturated rings. The van der Waals surface area contributed by atoms with Crippen molar-refractivity contribution in [2.75, 3.05) is 6.54 Å². The number of nitrogens with zero attached hydrogens (tertiary/aromatic N) is 3. The van der Waals surface area contributed by atoms with Gasteiger partial charge >= 0.3 is 0 Å². The van der Waals surface area contributed by atoms with E-state index in [0.29, 0.717) is 18.9 Å². The standard InChI is InChI=1S/C13H19N3O/c1-10(2)9-11-3-5-12(6-4-11)13(17)7-8-15-16-14/h3-6,10,13,17H,7-9H2,1-2H3. The number of aliphatic hydroxyl groups is 1. The van der Waals surface area contributed by atoms with E-state index < -0.39 is 6.10 Å². The van der Waals surface area contributed by atoms with Gasteiger partial charge in [-0.1, -0.05) is 43.2 Å². The maximum atomic E-state index is 9.84. The maximum absolute atomic E-state index is 9.84. The first kappa shape index (κ1) is 13.6. The molecule has 0 aliphatic carbocycles. The Bertz CT molecular complexity index is 380. The van der Waals surface area contributed by atoms with E-state index in [1.54, 1.807) is 0 Å². The average Bonchev–Trinajstić information content (AvgIpc) is 2.29. The van der Waals surface area contributed by atoms with Gasteiger partial charge in [-0.3, -0.25) is 0 Å². The van der Waals surface area contributed by atoms with Gasteiger partial charge in [0.1, 0.15) is 0 Å². The Balaban J connectivity index is 2.57. The first-order valence-electron chi connectivity index (χ1n) is 5.91. The van der Waals surface area contributed by atoms with Gasteiger partial charge in [0.05, 0.1) is 6.10 Å². The van der Waals surface area contributed by atoms with Gasteiger partial charge in [0.2, 0.25) is 0 Å². The summed E-state index contributed by atoms with van der Waals surface area (Å²) in [6, 6.07) is 7.98. The van der Waals surface area contributed by atoms with Crippen molar-refractivity contribution < 1.29 is 5.11 Å². The molecule has 1 atom stereocenters. The molecule has 0 aliphatic rings. The lowest BCUT2D eigenvalue weighted by molar-refractivity contribution is 0.170. The summed E-state index contributed by atoms with van der Waals surface area (Å²) < 4.78 is 0.